The summed E-state index contributed by atoms with van der Waals surface area (Å²) in [5, 5.41) is 11.3. The van der Waals surface area contributed by atoms with Crippen LogP contribution in [0.5, 0.6) is 0 Å². The maximum absolute atomic E-state index is 6.60. The zero-order valence-electron chi connectivity index (χ0n) is 35.1. The fourth-order valence-corrected chi connectivity index (χ4v) is 9.83. The van der Waals surface area contributed by atoms with Crippen molar-refractivity contribution in [3.8, 4) is 67.5 Å². The molecule has 302 valence electrons. The highest BCUT2D eigenvalue weighted by Gasteiger charge is 2.21. The molecular formula is C61H37N3O. The predicted molar refractivity (Wildman–Crippen MR) is 270 cm³/mol. The van der Waals surface area contributed by atoms with Crippen molar-refractivity contribution in [1.82, 2.24) is 15.0 Å². The summed E-state index contributed by atoms with van der Waals surface area (Å²) < 4.78 is 6.60. The molecule has 0 aliphatic rings. The molecule has 65 heavy (non-hydrogen) atoms. The van der Waals surface area contributed by atoms with E-state index in [0.29, 0.717) is 17.5 Å². The fourth-order valence-electron chi connectivity index (χ4n) is 9.83. The minimum absolute atomic E-state index is 0.549. The Morgan fingerprint density at radius 1 is 0.246 bits per heavy atom. The van der Waals surface area contributed by atoms with Crippen LogP contribution in [0, 0.1) is 0 Å². The van der Waals surface area contributed by atoms with Crippen LogP contribution in [0.1, 0.15) is 0 Å². The van der Waals surface area contributed by atoms with Crippen molar-refractivity contribution in [3.63, 3.8) is 0 Å². The molecule has 0 radical (unpaired) electrons. The smallest absolute Gasteiger partial charge is 0.167 e. The number of nitrogens with zero attached hydrogens (tertiary/aromatic N) is 3. The fraction of sp³-hybridized carbons (Fsp3) is 0. The average Bonchev–Trinajstić information content (AvgIpc) is 3.77. The highest BCUT2D eigenvalue weighted by molar-refractivity contribution is 6.11. The van der Waals surface area contributed by atoms with Gasteiger partial charge in [0.25, 0.3) is 0 Å². The lowest BCUT2D eigenvalue weighted by atomic mass is 9.90. The Balaban J connectivity index is 1.03. The second-order valence-corrected chi connectivity index (χ2v) is 16.7. The third-order valence-corrected chi connectivity index (χ3v) is 12.9. The highest BCUT2D eigenvalue weighted by Crippen LogP contribution is 2.42. The SMILES string of the molecule is c1ccc(-c2cc(-c3ccc(-c4nc(-c5ccc(-c6ccc7ccccc7c6)c6ccccc56)nc(-c5cccc6c5oc5ccccc56)n4)c4ccccc34)cc3ccccc23)cc1. The lowest BCUT2D eigenvalue weighted by Gasteiger charge is -2.16. The normalized spacial score (nSPS) is 11.7. The second-order valence-electron chi connectivity index (χ2n) is 16.7. The van der Waals surface area contributed by atoms with Crippen LogP contribution in [0.3, 0.4) is 0 Å². The first-order chi connectivity index (χ1) is 32.2. The van der Waals surface area contributed by atoms with E-state index < -0.39 is 0 Å². The molecule has 0 atom stereocenters. The molecule has 0 fully saturated rings. The molecule has 13 rings (SSSR count). The number of para-hydroxylation sites is 2. The maximum Gasteiger partial charge on any atom is 0.167 e. The summed E-state index contributed by atoms with van der Waals surface area (Å²) in [6.45, 7) is 0. The first-order valence-corrected chi connectivity index (χ1v) is 22.0. The third kappa shape index (κ3) is 6.18. The van der Waals surface area contributed by atoms with Crippen molar-refractivity contribution in [2.24, 2.45) is 0 Å². The van der Waals surface area contributed by atoms with Crippen molar-refractivity contribution >= 4 is 65.0 Å². The van der Waals surface area contributed by atoms with Gasteiger partial charge in [-0.1, -0.05) is 182 Å². The van der Waals surface area contributed by atoms with E-state index in [4.69, 9.17) is 19.4 Å². The minimum atomic E-state index is 0.549. The Kier molecular flexibility index (Phi) is 8.50. The highest BCUT2D eigenvalue weighted by atomic mass is 16.3. The molecule has 0 unspecified atom stereocenters. The average molecular weight is 828 g/mol. The van der Waals surface area contributed by atoms with Crippen LogP contribution in [-0.2, 0) is 0 Å². The van der Waals surface area contributed by atoms with Gasteiger partial charge in [0.05, 0.1) is 5.56 Å². The third-order valence-electron chi connectivity index (χ3n) is 12.9. The van der Waals surface area contributed by atoms with Crippen LogP contribution in [0.15, 0.2) is 229 Å². The lowest BCUT2D eigenvalue weighted by molar-refractivity contribution is 0.669. The molecule has 0 aliphatic heterocycles. The van der Waals surface area contributed by atoms with Gasteiger partial charge in [0.15, 0.2) is 17.5 Å². The Hall–Kier alpha value is -8.73. The van der Waals surface area contributed by atoms with E-state index in [-0.39, 0.29) is 0 Å². The van der Waals surface area contributed by atoms with Crippen molar-refractivity contribution in [1.29, 1.82) is 0 Å². The molecule has 0 aliphatic carbocycles. The number of furan rings is 1. The summed E-state index contributed by atoms with van der Waals surface area (Å²) in [4.78, 5) is 16.1. The Labute approximate surface area is 374 Å². The standard InChI is InChI=1S/C61H37N3O/c1-2-16-39(17-3-1)56-37-43(36-41-19-6-7-20-44(41)56)46-32-34-54(50-24-11-9-22-48(46)50)60-62-59(63-61(64-60)55-27-14-26-52-51-25-12-13-28-57(51)65-58(52)55)53-33-31-45(47-21-8-10-23-49(47)53)42-30-29-38-15-4-5-18-40(38)35-42/h1-37H. The van der Waals surface area contributed by atoms with Gasteiger partial charge in [-0.15, -0.1) is 0 Å². The van der Waals surface area contributed by atoms with Crippen molar-refractivity contribution in [2.75, 3.05) is 0 Å². The summed E-state index contributed by atoms with van der Waals surface area (Å²) in [5.74, 6) is 1.73. The van der Waals surface area contributed by atoms with Gasteiger partial charge in [0.2, 0.25) is 0 Å². The molecule has 0 bridgehead atoms. The number of fused-ring (bicyclic) bond motifs is 7. The molecule has 11 aromatic carbocycles. The molecule has 2 aromatic heterocycles. The van der Waals surface area contributed by atoms with E-state index in [1.54, 1.807) is 0 Å². The van der Waals surface area contributed by atoms with Gasteiger partial charge in [-0.3, -0.25) is 0 Å². The monoisotopic (exact) mass is 827 g/mol. The maximum atomic E-state index is 6.60. The van der Waals surface area contributed by atoms with Gasteiger partial charge < -0.3 is 4.42 Å². The van der Waals surface area contributed by atoms with E-state index in [9.17, 15) is 0 Å². The first kappa shape index (κ1) is 36.9. The van der Waals surface area contributed by atoms with Crippen LogP contribution >= 0.6 is 0 Å². The Morgan fingerprint density at radius 2 is 0.738 bits per heavy atom. The molecule has 4 heteroatoms. The molecular weight excluding hydrogens is 791 g/mol. The van der Waals surface area contributed by atoms with E-state index in [1.807, 2.05) is 18.2 Å². The molecule has 0 saturated carbocycles. The Morgan fingerprint density at radius 3 is 1.43 bits per heavy atom. The summed E-state index contributed by atoms with van der Waals surface area (Å²) in [7, 11) is 0. The van der Waals surface area contributed by atoms with E-state index >= 15 is 0 Å². The van der Waals surface area contributed by atoms with Crippen LogP contribution in [-0.4, -0.2) is 15.0 Å². The van der Waals surface area contributed by atoms with Crippen LogP contribution in [0.2, 0.25) is 0 Å². The Bertz CT molecular complexity index is 4020. The topological polar surface area (TPSA) is 51.8 Å². The molecule has 0 spiro atoms. The number of hydrogen-bond donors (Lipinski definition) is 0. The van der Waals surface area contributed by atoms with Crippen LogP contribution < -0.4 is 0 Å². The van der Waals surface area contributed by atoms with Crippen molar-refractivity contribution < 1.29 is 4.42 Å². The predicted octanol–water partition coefficient (Wildman–Crippen LogP) is 16.4. The van der Waals surface area contributed by atoms with Gasteiger partial charge in [0, 0.05) is 21.9 Å². The largest absolute Gasteiger partial charge is 0.455 e. The van der Waals surface area contributed by atoms with Crippen LogP contribution in [0.4, 0.5) is 0 Å². The van der Waals surface area contributed by atoms with Crippen molar-refractivity contribution in [2.45, 2.75) is 0 Å². The van der Waals surface area contributed by atoms with Crippen LogP contribution in [0.25, 0.3) is 133 Å². The summed E-state index contributed by atoms with van der Waals surface area (Å²) in [6.07, 6.45) is 0. The zero-order valence-corrected chi connectivity index (χ0v) is 35.1. The summed E-state index contributed by atoms with van der Waals surface area (Å²) >= 11 is 0. The molecule has 0 saturated heterocycles. The van der Waals surface area contributed by atoms with Gasteiger partial charge >= 0.3 is 0 Å². The zero-order chi connectivity index (χ0) is 42.8. The number of hydrogen-bond acceptors (Lipinski definition) is 4. The number of rotatable bonds is 6. The molecule has 4 nitrogen and oxygen atoms in total. The van der Waals surface area contributed by atoms with Gasteiger partial charge in [0.1, 0.15) is 11.2 Å². The number of benzene rings is 11. The lowest BCUT2D eigenvalue weighted by Crippen LogP contribution is -2.01. The van der Waals surface area contributed by atoms with E-state index in [0.717, 1.165) is 82.4 Å². The van der Waals surface area contributed by atoms with E-state index in [2.05, 4.69) is 206 Å². The minimum Gasteiger partial charge on any atom is -0.455 e. The number of aromatic nitrogens is 3. The second kappa shape index (κ2) is 15.0. The summed E-state index contributed by atoms with van der Waals surface area (Å²) in [6, 6.07) is 79.5. The quantitative estimate of drug-likeness (QED) is 0.168. The first-order valence-electron chi connectivity index (χ1n) is 22.0. The van der Waals surface area contributed by atoms with Gasteiger partial charge in [-0.05, 0) is 119 Å². The van der Waals surface area contributed by atoms with Gasteiger partial charge in [-0.25, -0.2) is 15.0 Å². The van der Waals surface area contributed by atoms with Crippen molar-refractivity contribution in [3.05, 3.63) is 224 Å². The summed E-state index contributed by atoms with van der Waals surface area (Å²) in [5.41, 5.74) is 11.2. The molecule has 13 aromatic rings. The molecule has 0 N–H and O–H groups in total. The van der Waals surface area contributed by atoms with Gasteiger partial charge in [-0.2, -0.15) is 0 Å². The molecule has 2 heterocycles. The van der Waals surface area contributed by atoms with E-state index in [1.165, 1.54) is 32.7 Å². The molecule has 0 amide bonds.